The molecule has 3 rings (SSSR count). The van der Waals surface area contributed by atoms with Crippen molar-refractivity contribution in [2.24, 2.45) is 5.73 Å². The van der Waals surface area contributed by atoms with E-state index < -0.39 is 0 Å². The molecule has 0 aromatic heterocycles. The average molecular weight is 281 g/mol. The Bertz CT molecular complexity index is 613. The quantitative estimate of drug-likeness (QED) is 0.828. The van der Waals surface area contributed by atoms with Crippen molar-refractivity contribution in [3.63, 3.8) is 0 Å². The van der Waals surface area contributed by atoms with Gasteiger partial charge in [-0.05, 0) is 55.6 Å². The van der Waals surface area contributed by atoms with Crippen molar-refractivity contribution in [2.75, 3.05) is 6.54 Å². The van der Waals surface area contributed by atoms with Gasteiger partial charge >= 0.3 is 0 Å². The number of carbonyl (C=O) groups excluding carboxylic acids is 1. The van der Waals surface area contributed by atoms with E-state index >= 15 is 0 Å². The summed E-state index contributed by atoms with van der Waals surface area (Å²) in [5.41, 5.74) is 8.06. The highest BCUT2D eigenvalue weighted by atomic mass is 16.5. The minimum absolute atomic E-state index is 0.0345. The molecule has 2 aromatic carbocycles. The monoisotopic (exact) mass is 281 g/mol. The Hall–Kier alpha value is -2.13. The second kappa shape index (κ2) is 6.10. The van der Waals surface area contributed by atoms with E-state index in [0.717, 1.165) is 30.6 Å². The van der Waals surface area contributed by atoms with Gasteiger partial charge in [-0.15, -0.1) is 0 Å². The molecule has 0 bridgehead atoms. The van der Waals surface area contributed by atoms with Crippen LogP contribution in [0, 0.1) is 0 Å². The van der Waals surface area contributed by atoms with Crippen LogP contribution < -0.4 is 10.5 Å². The number of hydrogen-bond acceptors (Lipinski definition) is 3. The number of nitrogens with two attached hydrogens (primary N) is 1. The maximum Gasteiger partial charge on any atom is 0.193 e. The second-order valence-corrected chi connectivity index (χ2v) is 5.41. The van der Waals surface area contributed by atoms with Crippen LogP contribution in [-0.2, 0) is 6.42 Å². The van der Waals surface area contributed by atoms with Crippen LogP contribution in [0.25, 0.3) is 0 Å². The van der Waals surface area contributed by atoms with Crippen LogP contribution >= 0.6 is 0 Å². The first-order valence-electron chi connectivity index (χ1n) is 7.36. The minimum atomic E-state index is 0.0345. The number of ketones is 1. The van der Waals surface area contributed by atoms with E-state index in [-0.39, 0.29) is 5.78 Å². The Kier molecular flexibility index (Phi) is 4.02. The highest BCUT2D eigenvalue weighted by Gasteiger charge is 2.23. The first kappa shape index (κ1) is 13.8. The van der Waals surface area contributed by atoms with Crippen LogP contribution in [0.2, 0.25) is 0 Å². The van der Waals surface area contributed by atoms with Crippen LogP contribution in [-0.4, -0.2) is 18.4 Å². The first-order valence-corrected chi connectivity index (χ1v) is 7.36. The smallest absolute Gasteiger partial charge is 0.193 e. The molecule has 2 N–H and O–H groups in total. The lowest BCUT2D eigenvalue weighted by Crippen LogP contribution is -2.04. The summed E-state index contributed by atoms with van der Waals surface area (Å²) in [5, 5.41) is 0. The van der Waals surface area contributed by atoms with E-state index in [9.17, 15) is 4.79 Å². The standard InChI is InChI=1S/C18H19NO2/c19-12-11-13-1-3-14(4-2-13)18(20)15-5-7-16(8-6-15)21-17-9-10-17/h1-8,17H,9-12,19H2. The molecule has 0 heterocycles. The van der Waals surface area contributed by atoms with Gasteiger partial charge in [-0.2, -0.15) is 0 Å². The van der Waals surface area contributed by atoms with Crippen molar-refractivity contribution in [3.8, 4) is 5.75 Å². The Balaban J connectivity index is 1.71. The summed E-state index contributed by atoms with van der Waals surface area (Å²) in [6.45, 7) is 0.621. The number of hydrogen-bond donors (Lipinski definition) is 1. The van der Waals surface area contributed by atoms with Crippen molar-refractivity contribution < 1.29 is 9.53 Å². The fraction of sp³-hybridized carbons (Fsp3) is 0.278. The maximum atomic E-state index is 12.4. The van der Waals surface area contributed by atoms with Gasteiger partial charge < -0.3 is 10.5 Å². The fourth-order valence-electron chi connectivity index (χ4n) is 2.22. The van der Waals surface area contributed by atoms with Crippen LogP contribution in [0.5, 0.6) is 5.75 Å². The SMILES string of the molecule is NCCc1ccc(C(=O)c2ccc(OC3CC3)cc2)cc1. The van der Waals surface area contributed by atoms with Gasteiger partial charge in [0.1, 0.15) is 5.75 Å². The molecule has 21 heavy (non-hydrogen) atoms. The molecule has 0 radical (unpaired) electrons. The molecular weight excluding hydrogens is 262 g/mol. The van der Waals surface area contributed by atoms with Crippen LogP contribution in [0.4, 0.5) is 0 Å². The van der Waals surface area contributed by atoms with Gasteiger partial charge in [0.05, 0.1) is 6.10 Å². The van der Waals surface area contributed by atoms with Crippen molar-refractivity contribution in [2.45, 2.75) is 25.4 Å². The van der Waals surface area contributed by atoms with Crippen molar-refractivity contribution in [1.29, 1.82) is 0 Å². The first-order chi connectivity index (χ1) is 10.3. The molecule has 3 nitrogen and oxygen atoms in total. The largest absolute Gasteiger partial charge is 0.490 e. The molecule has 0 spiro atoms. The lowest BCUT2D eigenvalue weighted by molar-refractivity contribution is 0.103. The zero-order valence-electron chi connectivity index (χ0n) is 11.9. The van der Waals surface area contributed by atoms with E-state index in [4.69, 9.17) is 10.5 Å². The predicted molar refractivity (Wildman–Crippen MR) is 82.7 cm³/mol. The zero-order chi connectivity index (χ0) is 14.7. The maximum absolute atomic E-state index is 12.4. The molecule has 0 atom stereocenters. The highest BCUT2D eigenvalue weighted by molar-refractivity contribution is 6.09. The molecule has 1 aliphatic rings. The van der Waals surface area contributed by atoms with Crippen LogP contribution in [0.15, 0.2) is 48.5 Å². The van der Waals surface area contributed by atoms with E-state index in [0.29, 0.717) is 23.8 Å². The third-order valence-electron chi connectivity index (χ3n) is 3.59. The molecule has 0 aliphatic heterocycles. The summed E-state index contributed by atoms with van der Waals surface area (Å²) >= 11 is 0. The van der Waals surface area contributed by atoms with Gasteiger partial charge in [-0.1, -0.05) is 24.3 Å². The van der Waals surface area contributed by atoms with Gasteiger partial charge in [0.15, 0.2) is 5.78 Å². The fourth-order valence-corrected chi connectivity index (χ4v) is 2.22. The summed E-state index contributed by atoms with van der Waals surface area (Å²) in [6, 6.07) is 15.0. The van der Waals surface area contributed by atoms with E-state index in [1.54, 1.807) is 0 Å². The molecule has 1 fully saturated rings. The minimum Gasteiger partial charge on any atom is -0.490 e. The zero-order valence-corrected chi connectivity index (χ0v) is 11.9. The summed E-state index contributed by atoms with van der Waals surface area (Å²) in [7, 11) is 0. The third kappa shape index (κ3) is 3.50. The van der Waals surface area contributed by atoms with Crippen molar-refractivity contribution >= 4 is 5.78 Å². The predicted octanol–water partition coefficient (Wildman–Crippen LogP) is 2.96. The summed E-state index contributed by atoms with van der Waals surface area (Å²) in [4.78, 5) is 12.4. The molecule has 1 saturated carbocycles. The van der Waals surface area contributed by atoms with E-state index in [1.165, 1.54) is 0 Å². The second-order valence-electron chi connectivity index (χ2n) is 5.41. The van der Waals surface area contributed by atoms with Gasteiger partial charge in [-0.3, -0.25) is 4.79 Å². The van der Waals surface area contributed by atoms with Gasteiger partial charge in [0, 0.05) is 11.1 Å². The van der Waals surface area contributed by atoms with Gasteiger partial charge in [0.2, 0.25) is 0 Å². The summed E-state index contributed by atoms with van der Waals surface area (Å²) < 4.78 is 5.69. The van der Waals surface area contributed by atoms with Crippen molar-refractivity contribution in [3.05, 3.63) is 65.2 Å². The Labute approximate surface area is 124 Å². The Morgan fingerprint density at radius 2 is 1.57 bits per heavy atom. The van der Waals surface area contributed by atoms with Crippen LogP contribution in [0.3, 0.4) is 0 Å². The lowest BCUT2D eigenvalue weighted by Gasteiger charge is -2.06. The number of ether oxygens (including phenoxy) is 1. The number of rotatable bonds is 6. The van der Waals surface area contributed by atoms with Gasteiger partial charge in [0.25, 0.3) is 0 Å². The topological polar surface area (TPSA) is 52.3 Å². The molecule has 0 saturated heterocycles. The molecule has 0 unspecified atom stereocenters. The highest BCUT2D eigenvalue weighted by Crippen LogP contribution is 2.27. The molecular formula is C18H19NO2. The Morgan fingerprint density at radius 3 is 2.10 bits per heavy atom. The lowest BCUT2D eigenvalue weighted by atomic mass is 10.0. The molecule has 2 aromatic rings. The van der Waals surface area contributed by atoms with E-state index in [1.807, 2.05) is 48.5 Å². The Morgan fingerprint density at radius 1 is 1.00 bits per heavy atom. The van der Waals surface area contributed by atoms with Gasteiger partial charge in [-0.25, -0.2) is 0 Å². The normalized spacial score (nSPS) is 14.0. The average Bonchev–Trinajstić information content (AvgIpc) is 3.32. The molecule has 0 amide bonds. The third-order valence-corrected chi connectivity index (χ3v) is 3.59. The number of carbonyl (C=O) groups is 1. The molecule has 1 aliphatic carbocycles. The summed E-state index contributed by atoms with van der Waals surface area (Å²) in [5.74, 6) is 0.875. The van der Waals surface area contributed by atoms with Crippen molar-refractivity contribution in [1.82, 2.24) is 0 Å². The number of benzene rings is 2. The molecule has 108 valence electrons. The van der Waals surface area contributed by atoms with Crippen LogP contribution in [0.1, 0.15) is 34.3 Å². The summed E-state index contributed by atoms with van der Waals surface area (Å²) in [6.07, 6.45) is 3.48. The molecule has 3 heteroatoms. The van der Waals surface area contributed by atoms with E-state index in [2.05, 4.69) is 0 Å².